The van der Waals surface area contributed by atoms with E-state index in [0.717, 1.165) is 24.1 Å². The monoisotopic (exact) mass is 323 g/mol. The normalized spacial score (nSPS) is 13.9. The largest absolute Gasteiger partial charge is 0.244 e. The number of rotatable bonds is 8. The number of halogens is 1. The second-order valence-corrected chi connectivity index (χ2v) is 7.70. The maximum Gasteiger partial charge on any atom is 0.244 e. The molecule has 3 nitrogen and oxygen atoms in total. The van der Waals surface area contributed by atoms with E-state index in [1.165, 1.54) is 11.3 Å². The summed E-state index contributed by atoms with van der Waals surface area (Å²) >= 11 is 7.23. The van der Waals surface area contributed by atoms with Crippen LogP contribution in [-0.2, 0) is 15.9 Å². The fraction of sp³-hybridized carbons (Fsp3) is 0.692. The molecule has 0 aliphatic heterocycles. The molecule has 0 aliphatic rings. The Kier molecular flexibility index (Phi) is 6.80. The number of sulfonamides is 1. The van der Waals surface area contributed by atoms with Crippen LogP contribution in [0.15, 0.2) is 16.3 Å². The van der Waals surface area contributed by atoms with E-state index in [0.29, 0.717) is 11.4 Å². The molecule has 0 N–H and O–H groups in total. The van der Waals surface area contributed by atoms with Crippen LogP contribution in [0, 0.1) is 0 Å². The van der Waals surface area contributed by atoms with Gasteiger partial charge < -0.3 is 0 Å². The predicted octanol–water partition coefficient (Wildman–Crippen LogP) is 4.08. The molecule has 0 saturated carbocycles. The number of nitrogens with zero attached hydrogens (tertiary/aromatic N) is 1. The van der Waals surface area contributed by atoms with Gasteiger partial charge in [0.05, 0.1) is 10.8 Å². The lowest BCUT2D eigenvalue weighted by molar-refractivity contribution is 0.324. The molecule has 0 spiro atoms. The smallest absolute Gasteiger partial charge is 0.207 e. The van der Waals surface area contributed by atoms with E-state index in [4.69, 9.17) is 11.6 Å². The minimum Gasteiger partial charge on any atom is -0.207 e. The van der Waals surface area contributed by atoms with E-state index in [1.54, 1.807) is 15.8 Å². The topological polar surface area (TPSA) is 37.4 Å². The van der Waals surface area contributed by atoms with Crippen LogP contribution in [0.3, 0.4) is 0 Å². The highest BCUT2D eigenvalue weighted by molar-refractivity contribution is 7.89. The first-order valence-electron chi connectivity index (χ1n) is 6.63. The molecule has 0 aromatic carbocycles. The molecule has 1 heterocycles. The molecular formula is C13H22ClNO2S2. The molecule has 0 amide bonds. The number of hydrogen-bond acceptors (Lipinski definition) is 3. The third kappa shape index (κ3) is 3.94. The highest BCUT2D eigenvalue weighted by atomic mass is 35.5. The van der Waals surface area contributed by atoms with Gasteiger partial charge in [0.15, 0.2) is 0 Å². The Balaban J connectivity index is 3.12. The fourth-order valence-electron chi connectivity index (χ4n) is 1.88. The van der Waals surface area contributed by atoms with Crippen molar-refractivity contribution < 1.29 is 8.42 Å². The first kappa shape index (κ1) is 17.0. The van der Waals surface area contributed by atoms with Crippen molar-refractivity contribution in [1.82, 2.24) is 4.31 Å². The van der Waals surface area contributed by atoms with Crippen molar-refractivity contribution in [3.05, 3.63) is 16.3 Å². The van der Waals surface area contributed by atoms with Crippen molar-refractivity contribution in [3.63, 3.8) is 0 Å². The van der Waals surface area contributed by atoms with E-state index >= 15 is 0 Å². The molecule has 0 aliphatic carbocycles. The summed E-state index contributed by atoms with van der Waals surface area (Å²) in [5, 5.41) is 1.79. The van der Waals surface area contributed by atoms with E-state index < -0.39 is 10.0 Å². The third-order valence-electron chi connectivity index (χ3n) is 3.23. The second-order valence-electron chi connectivity index (χ2n) is 4.57. The number of alkyl halides is 1. The Bertz CT molecular complexity index is 485. The molecule has 1 rings (SSSR count). The Hall–Kier alpha value is -0.100. The molecule has 0 saturated heterocycles. The molecule has 6 heteroatoms. The molecule has 0 fully saturated rings. The zero-order valence-electron chi connectivity index (χ0n) is 11.7. The lowest BCUT2D eigenvalue weighted by atomic mass is 10.2. The fourth-order valence-corrected chi connectivity index (χ4v) is 5.30. The van der Waals surface area contributed by atoms with E-state index in [1.807, 2.05) is 13.8 Å². The lowest BCUT2D eigenvalue weighted by Gasteiger charge is -2.27. The quantitative estimate of drug-likeness (QED) is 0.676. The molecule has 1 atom stereocenters. The molecule has 110 valence electrons. The maximum absolute atomic E-state index is 12.8. The van der Waals surface area contributed by atoms with Gasteiger partial charge in [-0.2, -0.15) is 4.31 Å². The SMILES string of the molecule is CCCCN(C(C)CC)S(=O)(=O)c1ccsc1CCl. The Morgan fingerprint density at radius 2 is 2.11 bits per heavy atom. The first-order valence-corrected chi connectivity index (χ1v) is 9.48. The van der Waals surface area contributed by atoms with Gasteiger partial charge in [0.1, 0.15) is 0 Å². The molecule has 0 radical (unpaired) electrons. The molecule has 0 bridgehead atoms. The third-order valence-corrected chi connectivity index (χ3v) is 6.80. The highest BCUT2D eigenvalue weighted by Gasteiger charge is 2.30. The summed E-state index contributed by atoms with van der Waals surface area (Å²) in [5.74, 6) is 0.244. The van der Waals surface area contributed by atoms with Gasteiger partial charge in [-0.15, -0.1) is 22.9 Å². The van der Waals surface area contributed by atoms with Crippen LogP contribution in [-0.4, -0.2) is 25.3 Å². The van der Waals surface area contributed by atoms with Crippen LogP contribution in [0.2, 0.25) is 0 Å². The summed E-state index contributed by atoms with van der Waals surface area (Å²) in [7, 11) is -3.42. The summed E-state index contributed by atoms with van der Waals surface area (Å²) in [6, 6.07) is 1.68. The Morgan fingerprint density at radius 1 is 1.42 bits per heavy atom. The van der Waals surface area contributed by atoms with Crippen molar-refractivity contribution in [3.8, 4) is 0 Å². The van der Waals surface area contributed by atoms with Gasteiger partial charge in [0, 0.05) is 17.5 Å². The first-order chi connectivity index (χ1) is 8.98. The zero-order chi connectivity index (χ0) is 14.5. The summed E-state index contributed by atoms with van der Waals surface area (Å²) in [6.07, 6.45) is 2.67. The van der Waals surface area contributed by atoms with Crippen LogP contribution in [0.1, 0.15) is 44.9 Å². The van der Waals surface area contributed by atoms with Gasteiger partial charge in [0.2, 0.25) is 10.0 Å². The maximum atomic E-state index is 12.8. The van der Waals surface area contributed by atoms with Crippen molar-refractivity contribution in [2.45, 2.75) is 56.9 Å². The van der Waals surface area contributed by atoms with Crippen LogP contribution >= 0.6 is 22.9 Å². The average molecular weight is 324 g/mol. The Labute approximate surface area is 125 Å². The van der Waals surface area contributed by atoms with Crippen molar-refractivity contribution >= 4 is 33.0 Å². The summed E-state index contributed by atoms with van der Waals surface area (Å²) in [6.45, 7) is 6.61. The highest BCUT2D eigenvalue weighted by Crippen LogP contribution is 2.28. The standard InChI is InChI=1S/C13H22ClNO2S2/c1-4-6-8-15(11(3)5-2)19(16,17)13-7-9-18-12(13)10-14/h7,9,11H,4-6,8,10H2,1-3H3. The van der Waals surface area contributed by atoms with Crippen LogP contribution in [0.4, 0.5) is 0 Å². The molecule has 1 aromatic rings. The molecule has 1 aromatic heterocycles. The number of thiophene rings is 1. The van der Waals surface area contributed by atoms with Gasteiger partial charge in [-0.3, -0.25) is 0 Å². The lowest BCUT2D eigenvalue weighted by Crippen LogP contribution is -2.39. The van der Waals surface area contributed by atoms with E-state index in [2.05, 4.69) is 6.92 Å². The van der Waals surface area contributed by atoms with E-state index in [9.17, 15) is 8.42 Å². The number of hydrogen-bond donors (Lipinski definition) is 0. The summed E-state index contributed by atoms with van der Waals surface area (Å²) < 4.78 is 27.1. The molecule has 19 heavy (non-hydrogen) atoms. The van der Waals surface area contributed by atoms with Gasteiger partial charge in [-0.1, -0.05) is 20.3 Å². The Morgan fingerprint density at radius 3 is 2.63 bits per heavy atom. The van der Waals surface area contributed by atoms with Crippen LogP contribution in [0.5, 0.6) is 0 Å². The van der Waals surface area contributed by atoms with Crippen molar-refractivity contribution in [2.24, 2.45) is 0 Å². The van der Waals surface area contributed by atoms with Crippen molar-refractivity contribution in [2.75, 3.05) is 6.54 Å². The molecular weight excluding hydrogens is 302 g/mol. The van der Waals surface area contributed by atoms with Gasteiger partial charge in [0.25, 0.3) is 0 Å². The van der Waals surface area contributed by atoms with Crippen molar-refractivity contribution in [1.29, 1.82) is 0 Å². The molecule has 1 unspecified atom stereocenters. The summed E-state index contributed by atoms with van der Waals surface area (Å²) in [5.41, 5.74) is 0. The zero-order valence-corrected chi connectivity index (χ0v) is 14.1. The van der Waals surface area contributed by atoms with Gasteiger partial charge >= 0.3 is 0 Å². The van der Waals surface area contributed by atoms with Crippen LogP contribution < -0.4 is 0 Å². The average Bonchev–Trinajstić information content (AvgIpc) is 2.87. The number of unbranched alkanes of at least 4 members (excludes halogenated alkanes) is 1. The predicted molar refractivity (Wildman–Crippen MR) is 82.4 cm³/mol. The van der Waals surface area contributed by atoms with E-state index in [-0.39, 0.29) is 11.9 Å². The summed E-state index contributed by atoms with van der Waals surface area (Å²) in [4.78, 5) is 1.11. The van der Waals surface area contributed by atoms with Gasteiger partial charge in [-0.05, 0) is 31.2 Å². The van der Waals surface area contributed by atoms with Gasteiger partial charge in [-0.25, -0.2) is 8.42 Å². The minimum atomic E-state index is -3.42. The second kappa shape index (κ2) is 7.62. The minimum absolute atomic E-state index is 0.0135. The van der Waals surface area contributed by atoms with Crippen LogP contribution in [0.25, 0.3) is 0 Å².